The fourth-order valence-electron chi connectivity index (χ4n) is 1.89. The van der Waals surface area contributed by atoms with E-state index in [1.54, 1.807) is 11.3 Å². The maximum Gasteiger partial charge on any atom is 0.334 e. The molecule has 0 aliphatic carbocycles. The van der Waals surface area contributed by atoms with Crippen LogP contribution < -0.4 is 0 Å². The summed E-state index contributed by atoms with van der Waals surface area (Å²) >= 11 is 1.66. The number of hydrogen-bond donors (Lipinski definition) is 1. The zero-order chi connectivity index (χ0) is 11.5. The third-order valence-corrected chi connectivity index (χ3v) is 3.65. The van der Waals surface area contributed by atoms with Crippen molar-refractivity contribution in [2.75, 3.05) is 19.7 Å². The molecule has 2 heterocycles. The number of rotatable bonds is 3. The average molecular weight is 241 g/mol. The quantitative estimate of drug-likeness (QED) is 0.873. The van der Waals surface area contributed by atoms with Crippen molar-refractivity contribution >= 4 is 17.3 Å². The van der Waals surface area contributed by atoms with Gasteiger partial charge in [0.25, 0.3) is 0 Å². The van der Waals surface area contributed by atoms with Crippen LogP contribution in [0.25, 0.3) is 0 Å². The van der Waals surface area contributed by atoms with Gasteiger partial charge in [-0.05, 0) is 29.3 Å². The van der Waals surface area contributed by atoms with E-state index in [4.69, 9.17) is 9.84 Å². The maximum atomic E-state index is 10.9. The summed E-state index contributed by atoms with van der Waals surface area (Å²) < 4.78 is 5.20. The van der Waals surface area contributed by atoms with Gasteiger partial charge in [0.1, 0.15) is 0 Å². The number of carbonyl (C=O) groups is 1. The molecule has 1 aromatic rings. The van der Waals surface area contributed by atoms with Crippen molar-refractivity contribution in [3.05, 3.63) is 22.4 Å². The van der Waals surface area contributed by atoms with Crippen LogP contribution in [-0.2, 0) is 9.53 Å². The van der Waals surface area contributed by atoms with E-state index in [0.717, 1.165) is 6.54 Å². The largest absolute Gasteiger partial charge is 0.479 e. The number of nitrogens with zero attached hydrogens (tertiary/aromatic N) is 1. The van der Waals surface area contributed by atoms with Crippen LogP contribution in [0.15, 0.2) is 16.8 Å². The van der Waals surface area contributed by atoms with Crippen molar-refractivity contribution in [3.63, 3.8) is 0 Å². The number of carboxylic acids is 1. The summed E-state index contributed by atoms with van der Waals surface area (Å²) in [6, 6.07) is 2.35. The molecule has 5 heteroatoms. The molecule has 1 aliphatic heterocycles. The normalized spacial score (nSPS) is 24.2. The van der Waals surface area contributed by atoms with E-state index in [9.17, 15) is 4.79 Å². The number of thiophene rings is 1. The first-order chi connectivity index (χ1) is 7.68. The summed E-state index contributed by atoms with van der Waals surface area (Å²) in [5.41, 5.74) is 1.25. The van der Waals surface area contributed by atoms with Gasteiger partial charge in [-0.2, -0.15) is 11.3 Å². The fraction of sp³-hybridized carbons (Fsp3) is 0.545. The molecule has 88 valence electrons. The van der Waals surface area contributed by atoms with Crippen LogP contribution in [0.2, 0.25) is 0 Å². The zero-order valence-electron chi connectivity index (χ0n) is 9.13. The highest BCUT2D eigenvalue weighted by Crippen LogP contribution is 2.24. The van der Waals surface area contributed by atoms with Gasteiger partial charge < -0.3 is 9.84 Å². The van der Waals surface area contributed by atoms with Crippen LogP contribution in [0.1, 0.15) is 18.5 Å². The van der Waals surface area contributed by atoms with Gasteiger partial charge in [-0.25, -0.2) is 4.79 Å². The molecule has 0 bridgehead atoms. The predicted octanol–water partition coefficient (Wildman–Crippen LogP) is 1.59. The van der Waals surface area contributed by atoms with Crippen molar-refractivity contribution in [2.24, 2.45) is 0 Å². The van der Waals surface area contributed by atoms with E-state index in [-0.39, 0.29) is 6.04 Å². The third-order valence-electron chi connectivity index (χ3n) is 2.95. The molecule has 1 aliphatic rings. The van der Waals surface area contributed by atoms with Crippen molar-refractivity contribution in [1.82, 2.24) is 4.90 Å². The van der Waals surface area contributed by atoms with Crippen LogP contribution in [0, 0.1) is 0 Å². The summed E-state index contributed by atoms with van der Waals surface area (Å²) in [7, 11) is 0. The Bertz CT molecular complexity index is 352. The van der Waals surface area contributed by atoms with Gasteiger partial charge in [-0.1, -0.05) is 0 Å². The van der Waals surface area contributed by atoms with Crippen LogP contribution in [0.5, 0.6) is 0 Å². The third kappa shape index (κ3) is 2.42. The number of carboxylic acid groups (broad SMARTS) is 1. The number of aliphatic carboxylic acids is 1. The first-order valence-corrected chi connectivity index (χ1v) is 6.23. The van der Waals surface area contributed by atoms with E-state index in [0.29, 0.717) is 13.2 Å². The molecule has 4 nitrogen and oxygen atoms in total. The maximum absolute atomic E-state index is 10.9. The lowest BCUT2D eigenvalue weighted by molar-refractivity contribution is -0.157. The highest BCUT2D eigenvalue weighted by Gasteiger charge is 2.29. The van der Waals surface area contributed by atoms with E-state index in [1.807, 2.05) is 5.38 Å². The van der Waals surface area contributed by atoms with E-state index in [1.165, 1.54) is 5.56 Å². The molecule has 2 atom stereocenters. The van der Waals surface area contributed by atoms with Crippen molar-refractivity contribution in [3.8, 4) is 0 Å². The van der Waals surface area contributed by atoms with Gasteiger partial charge in [0, 0.05) is 19.1 Å². The van der Waals surface area contributed by atoms with Crippen molar-refractivity contribution in [2.45, 2.75) is 19.1 Å². The van der Waals surface area contributed by atoms with E-state index >= 15 is 0 Å². The second-order valence-corrected chi connectivity index (χ2v) is 4.71. The van der Waals surface area contributed by atoms with Gasteiger partial charge >= 0.3 is 5.97 Å². The van der Waals surface area contributed by atoms with Gasteiger partial charge in [-0.15, -0.1) is 0 Å². The SMILES string of the molecule is CC(c1ccsc1)N1CCOC(C(=O)O)C1. The van der Waals surface area contributed by atoms with Crippen LogP contribution >= 0.6 is 11.3 Å². The van der Waals surface area contributed by atoms with Crippen LogP contribution in [0.3, 0.4) is 0 Å². The zero-order valence-corrected chi connectivity index (χ0v) is 9.94. The summed E-state index contributed by atoms with van der Waals surface area (Å²) in [4.78, 5) is 13.0. The molecule has 1 saturated heterocycles. The van der Waals surface area contributed by atoms with Gasteiger partial charge in [0.2, 0.25) is 0 Å². The Balaban J connectivity index is 2.01. The highest BCUT2D eigenvalue weighted by molar-refractivity contribution is 7.07. The van der Waals surface area contributed by atoms with Crippen LogP contribution in [-0.4, -0.2) is 41.8 Å². The second kappa shape index (κ2) is 4.95. The second-order valence-electron chi connectivity index (χ2n) is 3.93. The minimum Gasteiger partial charge on any atom is -0.479 e. The van der Waals surface area contributed by atoms with Gasteiger partial charge in [0.05, 0.1) is 6.61 Å². The Morgan fingerprint density at radius 1 is 1.75 bits per heavy atom. The number of morpholine rings is 1. The lowest BCUT2D eigenvalue weighted by Crippen LogP contribution is -2.46. The predicted molar refractivity (Wildman–Crippen MR) is 61.7 cm³/mol. The Morgan fingerprint density at radius 3 is 3.19 bits per heavy atom. The lowest BCUT2D eigenvalue weighted by Gasteiger charge is -2.35. The Kier molecular flexibility index (Phi) is 3.58. The molecular formula is C11H15NO3S. The van der Waals surface area contributed by atoms with Gasteiger partial charge in [0.15, 0.2) is 6.10 Å². The first-order valence-electron chi connectivity index (χ1n) is 5.29. The molecule has 16 heavy (non-hydrogen) atoms. The molecule has 0 spiro atoms. The Labute approximate surface area is 98.4 Å². The topological polar surface area (TPSA) is 49.8 Å². The average Bonchev–Trinajstić information content (AvgIpc) is 2.81. The first kappa shape index (κ1) is 11.6. The molecule has 0 saturated carbocycles. The molecule has 0 amide bonds. The van der Waals surface area contributed by atoms with Crippen molar-refractivity contribution < 1.29 is 14.6 Å². The molecule has 1 N–H and O–H groups in total. The standard InChI is InChI=1S/C11H15NO3S/c1-8(9-2-5-16-7-9)12-3-4-15-10(6-12)11(13)14/h2,5,7-8,10H,3-4,6H2,1H3,(H,13,14). The molecule has 1 aromatic heterocycles. The summed E-state index contributed by atoms with van der Waals surface area (Å²) in [5, 5.41) is 13.1. The summed E-state index contributed by atoms with van der Waals surface area (Å²) in [5.74, 6) is -0.873. The molecular weight excluding hydrogens is 226 g/mol. The van der Waals surface area contributed by atoms with E-state index < -0.39 is 12.1 Å². The minimum atomic E-state index is -0.873. The lowest BCUT2D eigenvalue weighted by atomic mass is 10.1. The minimum absolute atomic E-state index is 0.261. The summed E-state index contributed by atoms with van der Waals surface area (Å²) in [6.45, 7) is 3.85. The van der Waals surface area contributed by atoms with E-state index in [2.05, 4.69) is 23.3 Å². The molecule has 0 radical (unpaired) electrons. The smallest absolute Gasteiger partial charge is 0.334 e. The Morgan fingerprint density at radius 2 is 2.56 bits per heavy atom. The molecule has 2 rings (SSSR count). The van der Waals surface area contributed by atoms with Crippen molar-refractivity contribution in [1.29, 1.82) is 0 Å². The number of ether oxygens (including phenoxy) is 1. The summed E-state index contributed by atoms with van der Waals surface area (Å²) in [6.07, 6.45) is -0.685. The highest BCUT2D eigenvalue weighted by atomic mass is 32.1. The molecule has 2 unspecified atom stereocenters. The molecule has 0 aromatic carbocycles. The fourth-order valence-corrected chi connectivity index (χ4v) is 2.64. The van der Waals surface area contributed by atoms with Gasteiger partial charge in [-0.3, -0.25) is 4.90 Å². The van der Waals surface area contributed by atoms with Crippen LogP contribution in [0.4, 0.5) is 0 Å². The Hall–Kier alpha value is -0.910. The molecule has 1 fully saturated rings. The monoisotopic (exact) mass is 241 g/mol. The number of hydrogen-bond acceptors (Lipinski definition) is 4.